The Morgan fingerprint density at radius 3 is 2.92 bits per heavy atom. The van der Waals surface area contributed by atoms with Crippen molar-refractivity contribution in [2.45, 2.75) is 24.9 Å². The van der Waals surface area contributed by atoms with E-state index in [-0.39, 0.29) is 12.2 Å². The summed E-state index contributed by atoms with van der Waals surface area (Å²) in [5, 5.41) is 9.42. The SMILES string of the molecule is Nc1ccn([C@H]2C[C@H](OP(=O)(O)n3ccnc3)[C@@H](CO)O2)c(=O)n1. The van der Waals surface area contributed by atoms with Crippen LogP contribution in [0.2, 0.25) is 0 Å². The first-order valence-corrected chi connectivity index (χ1v) is 8.55. The Hall–Kier alpha value is -2.04. The highest BCUT2D eigenvalue weighted by Gasteiger charge is 2.41. The van der Waals surface area contributed by atoms with Crippen molar-refractivity contribution in [1.82, 2.24) is 18.9 Å². The Bertz CT molecular complexity index is 809. The van der Waals surface area contributed by atoms with Gasteiger partial charge in [-0.05, 0) is 6.07 Å². The molecule has 130 valence electrons. The summed E-state index contributed by atoms with van der Waals surface area (Å²) in [6.45, 7) is -0.442. The van der Waals surface area contributed by atoms with Gasteiger partial charge in [0.1, 0.15) is 30.6 Å². The van der Waals surface area contributed by atoms with Crippen molar-refractivity contribution in [3.05, 3.63) is 41.5 Å². The summed E-state index contributed by atoms with van der Waals surface area (Å²) in [5.41, 5.74) is 4.81. The van der Waals surface area contributed by atoms with Crippen LogP contribution in [0.5, 0.6) is 0 Å². The summed E-state index contributed by atoms with van der Waals surface area (Å²) in [7, 11) is -4.19. The van der Waals surface area contributed by atoms with Crippen LogP contribution >= 0.6 is 7.75 Å². The standard InChI is InChI=1S/C12H16N5O6P/c13-10-1-3-17(12(19)15-10)11-5-8(9(6-18)22-11)23-24(20,21)16-4-2-14-7-16/h1-4,7-9,11,18H,5-6H2,(H,20,21)(H2,13,15,19)/t8-,9+,11+/m0/s1. The van der Waals surface area contributed by atoms with Crippen LogP contribution < -0.4 is 11.4 Å². The summed E-state index contributed by atoms with van der Waals surface area (Å²) in [5.74, 6) is 0.0701. The third kappa shape index (κ3) is 3.25. The molecule has 1 fully saturated rings. The number of hydrogen-bond donors (Lipinski definition) is 3. The first-order valence-electron chi connectivity index (χ1n) is 7.01. The Morgan fingerprint density at radius 2 is 2.29 bits per heavy atom. The second-order valence-electron chi connectivity index (χ2n) is 5.17. The molecule has 4 atom stereocenters. The van der Waals surface area contributed by atoms with Gasteiger partial charge in [0.2, 0.25) is 0 Å². The number of imidazole rings is 1. The molecule has 2 aromatic rings. The summed E-state index contributed by atoms with van der Waals surface area (Å²) < 4.78 is 25.2. The molecule has 0 radical (unpaired) electrons. The molecule has 12 heteroatoms. The average Bonchev–Trinajstić information content (AvgIpc) is 3.16. The molecular formula is C12H16N5O6P. The Morgan fingerprint density at radius 1 is 1.50 bits per heavy atom. The van der Waals surface area contributed by atoms with Crippen LogP contribution in [0, 0.1) is 0 Å². The zero-order valence-corrected chi connectivity index (χ0v) is 13.3. The zero-order chi connectivity index (χ0) is 17.3. The molecule has 2 aromatic heterocycles. The largest absolute Gasteiger partial charge is 0.437 e. The second kappa shape index (κ2) is 6.46. The van der Waals surface area contributed by atoms with Crippen molar-refractivity contribution in [1.29, 1.82) is 0 Å². The number of aliphatic hydroxyl groups is 1. The lowest BCUT2D eigenvalue weighted by molar-refractivity contribution is -0.0434. The fourth-order valence-corrected chi connectivity index (χ4v) is 3.53. The van der Waals surface area contributed by atoms with Gasteiger partial charge in [-0.2, -0.15) is 4.98 Å². The van der Waals surface area contributed by atoms with Crippen LogP contribution in [-0.4, -0.2) is 47.7 Å². The van der Waals surface area contributed by atoms with Crippen molar-refractivity contribution in [3.63, 3.8) is 0 Å². The van der Waals surface area contributed by atoms with Gasteiger partial charge in [-0.1, -0.05) is 0 Å². The first kappa shape index (κ1) is 16.8. The molecule has 0 spiro atoms. The highest BCUT2D eigenvalue weighted by Crippen LogP contribution is 2.47. The minimum absolute atomic E-state index is 0.0701. The van der Waals surface area contributed by atoms with Crippen LogP contribution in [0.25, 0.3) is 0 Å². The lowest BCUT2D eigenvalue weighted by Crippen LogP contribution is -2.28. The smallest absolute Gasteiger partial charge is 0.394 e. The highest BCUT2D eigenvalue weighted by atomic mass is 31.2. The molecule has 0 amide bonds. The molecule has 1 unspecified atom stereocenters. The molecule has 3 rings (SSSR count). The zero-order valence-electron chi connectivity index (χ0n) is 12.4. The maximum Gasteiger partial charge on any atom is 0.437 e. The lowest BCUT2D eigenvalue weighted by Gasteiger charge is -2.20. The molecule has 3 heterocycles. The summed E-state index contributed by atoms with van der Waals surface area (Å²) in [4.78, 5) is 29.2. The quantitative estimate of drug-likeness (QED) is 0.591. The van der Waals surface area contributed by atoms with Crippen molar-refractivity contribution >= 4 is 13.6 Å². The van der Waals surface area contributed by atoms with E-state index in [1.54, 1.807) is 0 Å². The number of ether oxygens (including phenoxy) is 1. The number of hydrogen-bond acceptors (Lipinski definition) is 8. The third-order valence-corrected chi connectivity index (χ3v) is 4.94. The minimum Gasteiger partial charge on any atom is -0.394 e. The topological polar surface area (TPSA) is 155 Å². The predicted octanol–water partition coefficient (Wildman–Crippen LogP) is -0.664. The summed E-state index contributed by atoms with van der Waals surface area (Å²) in [6.07, 6.45) is 2.69. The number of aromatic nitrogens is 4. The van der Waals surface area contributed by atoms with E-state index in [1.807, 2.05) is 0 Å². The van der Waals surface area contributed by atoms with E-state index in [1.165, 1.54) is 29.2 Å². The number of anilines is 1. The van der Waals surface area contributed by atoms with Crippen LogP contribution in [0.1, 0.15) is 12.6 Å². The summed E-state index contributed by atoms with van der Waals surface area (Å²) >= 11 is 0. The average molecular weight is 357 g/mol. The van der Waals surface area contributed by atoms with E-state index < -0.39 is 38.5 Å². The van der Waals surface area contributed by atoms with Crippen LogP contribution in [0.4, 0.5) is 5.82 Å². The monoisotopic (exact) mass is 357 g/mol. The molecule has 1 aliphatic rings. The third-order valence-electron chi connectivity index (χ3n) is 3.58. The molecule has 0 saturated carbocycles. The Kier molecular flexibility index (Phi) is 4.52. The fraction of sp³-hybridized carbons (Fsp3) is 0.417. The maximum atomic E-state index is 12.3. The normalized spacial score (nSPS) is 26.3. The van der Waals surface area contributed by atoms with Crippen molar-refractivity contribution in [2.24, 2.45) is 0 Å². The van der Waals surface area contributed by atoms with Gasteiger partial charge in [0.25, 0.3) is 0 Å². The molecule has 4 N–H and O–H groups in total. The van der Waals surface area contributed by atoms with E-state index in [2.05, 4.69) is 9.97 Å². The molecule has 1 aliphatic heterocycles. The van der Waals surface area contributed by atoms with Crippen LogP contribution in [0.15, 0.2) is 35.8 Å². The molecule has 11 nitrogen and oxygen atoms in total. The van der Waals surface area contributed by atoms with Crippen molar-refractivity contribution in [2.75, 3.05) is 12.3 Å². The first-order chi connectivity index (χ1) is 11.4. The molecule has 0 aliphatic carbocycles. The van der Waals surface area contributed by atoms with Gasteiger partial charge in [-0.25, -0.2) is 18.7 Å². The number of aliphatic hydroxyl groups excluding tert-OH is 1. The highest BCUT2D eigenvalue weighted by molar-refractivity contribution is 7.51. The maximum absolute atomic E-state index is 12.3. The van der Waals surface area contributed by atoms with Gasteiger partial charge in [-0.3, -0.25) is 9.09 Å². The van der Waals surface area contributed by atoms with E-state index in [0.717, 1.165) is 10.7 Å². The second-order valence-corrected chi connectivity index (χ2v) is 6.82. The summed E-state index contributed by atoms with van der Waals surface area (Å²) in [6, 6.07) is 1.43. The molecule has 0 bridgehead atoms. The molecule has 0 aromatic carbocycles. The fourth-order valence-electron chi connectivity index (χ4n) is 2.42. The Labute approximate surface area is 135 Å². The van der Waals surface area contributed by atoms with E-state index in [0.29, 0.717) is 0 Å². The van der Waals surface area contributed by atoms with Gasteiger partial charge in [0, 0.05) is 25.0 Å². The minimum atomic E-state index is -4.19. The van der Waals surface area contributed by atoms with Gasteiger partial charge in [0.05, 0.1) is 6.61 Å². The number of nitrogens with zero attached hydrogens (tertiary/aromatic N) is 4. The number of rotatable bonds is 5. The van der Waals surface area contributed by atoms with E-state index in [9.17, 15) is 19.4 Å². The molecule has 24 heavy (non-hydrogen) atoms. The Balaban J connectivity index is 1.80. The van der Waals surface area contributed by atoms with E-state index in [4.69, 9.17) is 15.0 Å². The lowest BCUT2D eigenvalue weighted by atomic mass is 10.2. The molecular weight excluding hydrogens is 341 g/mol. The molecule has 1 saturated heterocycles. The van der Waals surface area contributed by atoms with Crippen LogP contribution in [-0.2, 0) is 13.8 Å². The van der Waals surface area contributed by atoms with Gasteiger partial charge in [-0.15, -0.1) is 0 Å². The van der Waals surface area contributed by atoms with Gasteiger partial charge >= 0.3 is 13.4 Å². The number of nitrogen functional groups attached to an aromatic ring is 1. The van der Waals surface area contributed by atoms with Crippen molar-refractivity contribution in [3.8, 4) is 0 Å². The van der Waals surface area contributed by atoms with E-state index >= 15 is 0 Å². The van der Waals surface area contributed by atoms with Gasteiger partial charge < -0.3 is 20.5 Å². The van der Waals surface area contributed by atoms with Crippen molar-refractivity contribution < 1.29 is 23.8 Å². The number of nitrogens with two attached hydrogens (primary N) is 1. The van der Waals surface area contributed by atoms with Gasteiger partial charge in [0.15, 0.2) is 0 Å². The predicted molar refractivity (Wildman–Crippen MR) is 80.8 cm³/mol. The van der Waals surface area contributed by atoms with Crippen LogP contribution in [0.3, 0.4) is 0 Å².